The highest BCUT2D eigenvalue weighted by molar-refractivity contribution is 5.68. The lowest BCUT2D eigenvalue weighted by atomic mass is 9.96. The van der Waals surface area contributed by atoms with E-state index < -0.39 is 91.9 Å². The van der Waals surface area contributed by atoms with Gasteiger partial charge in [0.25, 0.3) is 0 Å². The second kappa shape index (κ2) is 23.7. The first-order valence-electron chi connectivity index (χ1n) is 20.8. The zero-order chi connectivity index (χ0) is 45.4. The fourth-order valence-electron chi connectivity index (χ4n) is 7.28. The summed E-state index contributed by atoms with van der Waals surface area (Å²) in [6.45, 7) is 4.62. The Morgan fingerprint density at radius 1 is 0.469 bits per heavy atom. The van der Waals surface area contributed by atoms with Crippen LogP contribution in [0.5, 0.6) is 11.5 Å². The Bertz CT molecular complexity index is 2070. The summed E-state index contributed by atoms with van der Waals surface area (Å²) < 4.78 is 74.4. The van der Waals surface area contributed by atoms with Crippen LogP contribution in [-0.4, -0.2) is 106 Å². The Morgan fingerprint density at radius 3 is 1.47 bits per heavy atom. The molecule has 0 unspecified atom stereocenters. The molecule has 16 heteroatoms. The van der Waals surface area contributed by atoms with Gasteiger partial charge in [-0.3, -0.25) is 19.2 Å². The number of hydrogen-bond donors (Lipinski definition) is 0. The molecule has 2 saturated heterocycles. The monoisotopic (exact) mass is 886 g/mol. The standard InChI is InChI=1S/C48H54O16/c1-30(49)55-29-40-42(58-31(2)50)44(59-32(3)51)46(60-33(4)52)48(63-40)64-45-43(57-27-36-19-13-8-14-20-36)41(56-26-35-17-11-7-12-18-35)39(28-54-25-34-15-9-6-10-16-34)62-47(45)61-38-23-21-37(53-5)22-24-38/h6-24,39-48H,25-29H2,1-5H3/t39-,40-,41-,42-,43+,44+,45+,46+,47+,48-/m1/s1. The Kier molecular flexibility index (Phi) is 17.6. The summed E-state index contributed by atoms with van der Waals surface area (Å²) in [7, 11) is 1.54. The molecule has 2 heterocycles. The van der Waals surface area contributed by atoms with Crippen LogP contribution in [0.1, 0.15) is 44.4 Å². The molecule has 0 radical (unpaired) electrons. The van der Waals surface area contributed by atoms with Gasteiger partial charge in [0.1, 0.15) is 42.5 Å². The first kappa shape index (κ1) is 47.6. The molecule has 2 fully saturated rings. The van der Waals surface area contributed by atoms with Gasteiger partial charge in [-0.15, -0.1) is 0 Å². The molecule has 4 aromatic rings. The third-order valence-electron chi connectivity index (χ3n) is 10.1. The van der Waals surface area contributed by atoms with E-state index in [-0.39, 0.29) is 26.4 Å². The highest BCUT2D eigenvalue weighted by Gasteiger charge is 2.57. The molecule has 0 bridgehead atoms. The van der Waals surface area contributed by atoms with Crippen LogP contribution < -0.4 is 9.47 Å². The number of ether oxygens (including phenoxy) is 12. The van der Waals surface area contributed by atoms with E-state index in [2.05, 4.69) is 0 Å². The van der Waals surface area contributed by atoms with Gasteiger partial charge >= 0.3 is 23.9 Å². The Labute approximate surface area is 371 Å². The first-order valence-corrected chi connectivity index (χ1v) is 20.8. The van der Waals surface area contributed by atoms with E-state index in [1.807, 2.05) is 91.0 Å². The van der Waals surface area contributed by atoms with E-state index in [1.165, 1.54) is 6.92 Å². The second-order valence-electron chi connectivity index (χ2n) is 15.0. The number of carbonyl (C=O) groups excluding carboxylic acids is 4. The first-order chi connectivity index (χ1) is 31.0. The van der Waals surface area contributed by atoms with Crippen LogP contribution in [0, 0.1) is 0 Å². The summed E-state index contributed by atoms with van der Waals surface area (Å²) in [4.78, 5) is 50.1. The van der Waals surface area contributed by atoms with Crippen molar-refractivity contribution in [3.8, 4) is 11.5 Å². The largest absolute Gasteiger partial charge is 0.497 e. The van der Waals surface area contributed by atoms with Crippen LogP contribution in [0.3, 0.4) is 0 Å². The Balaban J connectivity index is 1.45. The number of hydrogen-bond acceptors (Lipinski definition) is 16. The van der Waals surface area contributed by atoms with Crippen LogP contribution >= 0.6 is 0 Å². The van der Waals surface area contributed by atoms with Gasteiger partial charge in [-0.2, -0.15) is 0 Å². The maximum absolute atomic E-state index is 12.8. The fourth-order valence-corrected chi connectivity index (χ4v) is 7.28. The van der Waals surface area contributed by atoms with Crippen molar-refractivity contribution in [1.82, 2.24) is 0 Å². The quantitative estimate of drug-likeness (QED) is 0.0784. The molecule has 0 spiro atoms. The molecule has 10 atom stereocenters. The van der Waals surface area contributed by atoms with Gasteiger partial charge < -0.3 is 56.8 Å². The van der Waals surface area contributed by atoms with Crippen molar-refractivity contribution >= 4 is 23.9 Å². The van der Waals surface area contributed by atoms with Crippen LogP contribution in [0.15, 0.2) is 115 Å². The summed E-state index contributed by atoms with van der Waals surface area (Å²) >= 11 is 0. The minimum atomic E-state index is -1.63. The zero-order valence-electron chi connectivity index (χ0n) is 36.3. The molecular formula is C48H54O16. The highest BCUT2D eigenvalue weighted by Crippen LogP contribution is 2.37. The van der Waals surface area contributed by atoms with Gasteiger partial charge in [-0.1, -0.05) is 91.0 Å². The third kappa shape index (κ3) is 13.8. The van der Waals surface area contributed by atoms with Crippen LogP contribution in [-0.2, 0) is 86.4 Å². The third-order valence-corrected chi connectivity index (χ3v) is 10.1. The molecule has 6 rings (SSSR count). The highest BCUT2D eigenvalue weighted by atomic mass is 16.8. The molecule has 4 aromatic carbocycles. The average molecular weight is 887 g/mol. The maximum Gasteiger partial charge on any atom is 0.303 e. The van der Waals surface area contributed by atoms with Crippen molar-refractivity contribution in [2.45, 2.75) is 109 Å². The number of carbonyl (C=O) groups is 4. The molecule has 0 aromatic heterocycles. The van der Waals surface area contributed by atoms with E-state index in [0.717, 1.165) is 37.5 Å². The van der Waals surface area contributed by atoms with Crippen molar-refractivity contribution < 1.29 is 76.0 Å². The van der Waals surface area contributed by atoms with Crippen molar-refractivity contribution in [2.24, 2.45) is 0 Å². The molecule has 342 valence electrons. The summed E-state index contributed by atoms with van der Waals surface area (Å²) in [5.41, 5.74) is 2.63. The molecule has 0 N–H and O–H groups in total. The number of methoxy groups -OCH3 is 1. The molecule has 2 aliphatic heterocycles. The van der Waals surface area contributed by atoms with E-state index in [4.69, 9.17) is 56.8 Å². The van der Waals surface area contributed by atoms with Gasteiger partial charge in [0.2, 0.25) is 6.29 Å². The van der Waals surface area contributed by atoms with Crippen molar-refractivity contribution in [3.63, 3.8) is 0 Å². The van der Waals surface area contributed by atoms with Gasteiger partial charge in [-0.25, -0.2) is 0 Å². The number of benzene rings is 4. The van der Waals surface area contributed by atoms with Gasteiger partial charge in [-0.05, 0) is 41.0 Å². The van der Waals surface area contributed by atoms with Crippen molar-refractivity contribution in [2.75, 3.05) is 20.3 Å². The number of rotatable bonds is 20. The number of esters is 4. The molecule has 16 nitrogen and oxygen atoms in total. The second-order valence-corrected chi connectivity index (χ2v) is 15.0. The molecule has 0 saturated carbocycles. The molecule has 64 heavy (non-hydrogen) atoms. The summed E-state index contributed by atoms with van der Waals surface area (Å²) in [6.07, 6.45) is -12.9. The summed E-state index contributed by atoms with van der Waals surface area (Å²) in [5.74, 6) is -2.12. The SMILES string of the molecule is COc1ccc(O[C@H]2O[C@H](COCc3ccccc3)[C@@H](OCc3ccccc3)[C@H](OCc3ccccc3)[C@@H]2O[C@H]2O[C@H](COC(C)=O)[C@@H](OC(C)=O)[C@H](OC(C)=O)[C@@H]2OC(C)=O)cc1. The van der Waals surface area contributed by atoms with E-state index in [9.17, 15) is 19.2 Å². The Morgan fingerprint density at radius 2 is 0.938 bits per heavy atom. The predicted molar refractivity (Wildman–Crippen MR) is 225 cm³/mol. The molecular weight excluding hydrogens is 833 g/mol. The maximum atomic E-state index is 12.8. The van der Waals surface area contributed by atoms with Gasteiger partial charge in [0.15, 0.2) is 30.7 Å². The fraction of sp³-hybridized carbons (Fsp3) is 0.417. The Hall–Kier alpha value is -5.88. The lowest BCUT2D eigenvalue weighted by molar-refractivity contribution is -0.366. The van der Waals surface area contributed by atoms with Gasteiger partial charge in [0.05, 0.1) is 33.5 Å². The lowest BCUT2D eigenvalue weighted by Crippen LogP contribution is -2.67. The molecule has 0 amide bonds. The lowest BCUT2D eigenvalue weighted by Gasteiger charge is -2.49. The minimum absolute atomic E-state index is 0.0216. The van der Waals surface area contributed by atoms with E-state index in [1.54, 1.807) is 31.4 Å². The zero-order valence-corrected chi connectivity index (χ0v) is 36.3. The predicted octanol–water partition coefficient (Wildman–Crippen LogP) is 5.65. The smallest absolute Gasteiger partial charge is 0.303 e. The molecule has 0 aliphatic carbocycles. The summed E-state index contributed by atoms with van der Waals surface area (Å²) in [5, 5.41) is 0. The normalized spacial score (nSPS) is 25.3. The van der Waals surface area contributed by atoms with Crippen molar-refractivity contribution in [3.05, 3.63) is 132 Å². The van der Waals surface area contributed by atoms with Crippen molar-refractivity contribution in [1.29, 1.82) is 0 Å². The van der Waals surface area contributed by atoms with Gasteiger partial charge in [0, 0.05) is 27.7 Å². The summed E-state index contributed by atoms with van der Waals surface area (Å²) in [6, 6.07) is 35.5. The average Bonchev–Trinajstić information content (AvgIpc) is 3.28. The van der Waals surface area contributed by atoms with E-state index in [0.29, 0.717) is 11.5 Å². The molecule has 2 aliphatic rings. The van der Waals surface area contributed by atoms with Crippen LogP contribution in [0.4, 0.5) is 0 Å². The van der Waals surface area contributed by atoms with E-state index >= 15 is 0 Å². The van der Waals surface area contributed by atoms with Crippen LogP contribution in [0.25, 0.3) is 0 Å². The van der Waals surface area contributed by atoms with Crippen LogP contribution in [0.2, 0.25) is 0 Å². The minimum Gasteiger partial charge on any atom is -0.497 e. The topological polar surface area (TPSA) is 179 Å².